The van der Waals surface area contributed by atoms with E-state index < -0.39 is 0 Å². The van der Waals surface area contributed by atoms with Gasteiger partial charge in [0.15, 0.2) is 0 Å². The standard InChI is InChI=1S/C44H35N/c1-32-7-16-37(17-8-32)39-21-27-43(28-22-39)45(44-29-23-40(24-30-44)38-18-9-33(2)10-19-38)42-25-14-34(15-26-42)11-12-35-13-20-36-5-3-4-6-41(36)31-35/h3-31H,1-2H3/b12-11+. The van der Waals surface area contributed by atoms with Gasteiger partial charge in [-0.05, 0) is 100 Å². The molecule has 0 unspecified atom stereocenters. The molecule has 0 aliphatic heterocycles. The highest BCUT2D eigenvalue weighted by atomic mass is 15.1. The summed E-state index contributed by atoms with van der Waals surface area (Å²) >= 11 is 0. The van der Waals surface area contributed by atoms with Crippen molar-refractivity contribution in [3.63, 3.8) is 0 Å². The molecule has 0 atom stereocenters. The van der Waals surface area contributed by atoms with Gasteiger partial charge in [0.25, 0.3) is 0 Å². The molecule has 216 valence electrons. The largest absolute Gasteiger partial charge is 0.311 e. The monoisotopic (exact) mass is 577 g/mol. The molecule has 0 bridgehead atoms. The Kier molecular flexibility index (Phi) is 7.83. The van der Waals surface area contributed by atoms with E-state index in [0.29, 0.717) is 0 Å². The molecule has 45 heavy (non-hydrogen) atoms. The zero-order chi connectivity index (χ0) is 30.6. The maximum absolute atomic E-state index is 2.33. The van der Waals surface area contributed by atoms with E-state index in [1.54, 1.807) is 0 Å². The molecule has 0 fully saturated rings. The van der Waals surface area contributed by atoms with Gasteiger partial charge in [0.05, 0.1) is 0 Å². The fourth-order valence-electron chi connectivity index (χ4n) is 5.78. The topological polar surface area (TPSA) is 3.24 Å². The summed E-state index contributed by atoms with van der Waals surface area (Å²) in [5, 5.41) is 2.52. The van der Waals surface area contributed by atoms with Crippen molar-refractivity contribution >= 4 is 40.0 Å². The van der Waals surface area contributed by atoms with Crippen LogP contribution in [0.3, 0.4) is 0 Å². The molecule has 0 N–H and O–H groups in total. The van der Waals surface area contributed by atoms with Gasteiger partial charge in [0.2, 0.25) is 0 Å². The predicted molar refractivity (Wildman–Crippen MR) is 194 cm³/mol. The number of benzene rings is 7. The number of fused-ring (bicyclic) bond motifs is 1. The number of nitrogens with zero attached hydrogens (tertiary/aromatic N) is 1. The van der Waals surface area contributed by atoms with Gasteiger partial charge < -0.3 is 4.90 Å². The Morgan fingerprint density at radius 3 is 1.22 bits per heavy atom. The van der Waals surface area contributed by atoms with E-state index in [4.69, 9.17) is 0 Å². The van der Waals surface area contributed by atoms with Crippen LogP contribution in [0.15, 0.2) is 164 Å². The Labute approximate surface area is 266 Å². The summed E-state index contributed by atoms with van der Waals surface area (Å²) in [6.45, 7) is 4.25. The first-order valence-corrected chi connectivity index (χ1v) is 15.5. The number of rotatable bonds is 7. The van der Waals surface area contributed by atoms with E-state index in [1.807, 2.05) is 0 Å². The maximum atomic E-state index is 2.33. The summed E-state index contributed by atoms with van der Waals surface area (Å²) in [4.78, 5) is 2.33. The molecule has 7 aromatic carbocycles. The van der Waals surface area contributed by atoms with E-state index in [1.165, 1.54) is 49.7 Å². The van der Waals surface area contributed by atoms with Crippen LogP contribution >= 0.6 is 0 Å². The molecule has 0 amide bonds. The average Bonchev–Trinajstić information content (AvgIpc) is 3.09. The molecule has 0 aliphatic carbocycles. The summed E-state index contributed by atoms with van der Waals surface area (Å²) in [5.41, 5.74) is 13.1. The summed E-state index contributed by atoms with van der Waals surface area (Å²) < 4.78 is 0. The van der Waals surface area contributed by atoms with Crippen LogP contribution in [-0.2, 0) is 0 Å². The third kappa shape index (κ3) is 6.34. The first-order chi connectivity index (χ1) is 22.1. The fourth-order valence-corrected chi connectivity index (χ4v) is 5.78. The van der Waals surface area contributed by atoms with Crippen molar-refractivity contribution in [2.45, 2.75) is 13.8 Å². The van der Waals surface area contributed by atoms with E-state index in [0.717, 1.165) is 22.6 Å². The highest BCUT2D eigenvalue weighted by molar-refractivity contribution is 5.86. The second kappa shape index (κ2) is 12.5. The molecular weight excluding hydrogens is 542 g/mol. The third-order valence-electron chi connectivity index (χ3n) is 8.41. The van der Waals surface area contributed by atoms with Gasteiger partial charge in [-0.25, -0.2) is 0 Å². The van der Waals surface area contributed by atoms with Crippen LogP contribution in [0.5, 0.6) is 0 Å². The molecule has 0 saturated heterocycles. The minimum atomic E-state index is 1.11. The van der Waals surface area contributed by atoms with Crippen molar-refractivity contribution in [1.29, 1.82) is 0 Å². The van der Waals surface area contributed by atoms with E-state index >= 15 is 0 Å². The Morgan fingerprint density at radius 1 is 0.356 bits per heavy atom. The second-order valence-corrected chi connectivity index (χ2v) is 11.7. The predicted octanol–water partition coefficient (Wildman–Crippen LogP) is 12.4. The normalized spacial score (nSPS) is 11.2. The first kappa shape index (κ1) is 28.1. The van der Waals surface area contributed by atoms with Crippen LogP contribution in [0, 0.1) is 13.8 Å². The molecule has 0 saturated carbocycles. The van der Waals surface area contributed by atoms with Crippen molar-refractivity contribution in [1.82, 2.24) is 0 Å². The van der Waals surface area contributed by atoms with E-state index in [-0.39, 0.29) is 0 Å². The van der Waals surface area contributed by atoms with Crippen molar-refractivity contribution in [3.8, 4) is 22.3 Å². The highest BCUT2D eigenvalue weighted by Crippen LogP contribution is 2.37. The molecule has 7 aromatic rings. The summed E-state index contributed by atoms with van der Waals surface area (Å²) in [6, 6.07) is 59.1. The lowest BCUT2D eigenvalue weighted by Crippen LogP contribution is -2.09. The maximum Gasteiger partial charge on any atom is 0.0462 e. The van der Waals surface area contributed by atoms with Crippen molar-refractivity contribution < 1.29 is 0 Å². The zero-order valence-electron chi connectivity index (χ0n) is 25.7. The van der Waals surface area contributed by atoms with Crippen LogP contribution in [-0.4, -0.2) is 0 Å². The van der Waals surface area contributed by atoms with Crippen molar-refractivity contribution in [2.75, 3.05) is 4.90 Å². The van der Waals surface area contributed by atoms with Crippen LogP contribution in [0.2, 0.25) is 0 Å². The second-order valence-electron chi connectivity index (χ2n) is 11.7. The molecular formula is C44H35N. The lowest BCUT2D eigenvalue weighted by atomic mass is 10.0. The van der Waals surface area contributed by atoms with Gasteiger partial charge in [0.1, 0.15) is 0 Å². The number of anilines is 3. The molecule has 0 aromatic heterocycles. The van der Waals surface area contributed by atoms with E-state index in [2.05, 4.69) is 195 Å². The van der Waals surface area contributed by atoms with Crippen LogP contribution in [0.1, 0.15) is 22.3 Å². The molecule has 7 rings (SSSR count). The van der Waals surface area contributed by atoms with Gasteiger partial charge in [-0.3, -0.25) is 0 Å². The molecule has 1 nitrogen and oxygen atoms in total. The average molecular weight is 578 g/mol. The zero-order valence-corrected chi connectivity index (χ0v) is 25.7. The smallest absolute Gasteiger partial charge is 0.0462 e. The summed E-state index contributed by atoms with van der Waals surface area (Å²) in [5.74, 6) is 0. The van der Waals surface area contributed by atoms with Crippen LogP contribution in [0.4, 0.5) is 17.1 Å². The molecule has 1 heteroatoms. The number of hydrogen-bond acceptors (Lipinski definition) is 1. The minimum absolute atomic E-state index is 1.11. The van der Waals surface area contributed by atoms with Crippen LogP contribution < -0.4 is 4.90 Å². The van der Waals surface area contributed by atoms with Gasteiger partial charge >= 0.3 is 0 Å². The molecule has 0 radical (unpaired) electrons. The first-order valence-electron chi connectivity index (χ1n) is 15.5. The quantitative estimate of drug-likeness (QED) is 0.170. The molecule has 0 aliphatic rings. The minimum Gasteiger partial charge on any atom is -0.311 e. The van der Waals surface area contributed by atoms with Gasteiger partial charge in [0, 0.05) is 17.1 Å². The Balaban J connectivity index is 1.20. The molecule has 0 spiro atoms. The fraction of sp³-hybridized carbons (Fsp3) is 0.0455. The lowest BCUT2D eigenvalue weighted by molar-refractivity contribution is 1.28. The van der Waals surface area contributed by atoms with Crippen molar-refractivity contribution in [2.24, 2.45) is 0 Å². The number of aryl methyl sites for hydroxylation is 2. The van der Waals surface area contributed by atoms with Gasteiger partial charge in [-0.2, -0.15) is 0 Å². The Bertz CT molecular complexity index is 1980. The highest BCUT2D eigenvalue weighted by Gasteiger charge is 2.13. The van der Waals surface area contributed by atoms with Gasteiger partial charge in [-0.15, -0.1) is 0 Å². The Morgan fingerprint density at radius 2 is 0.733 bits per heavy atom. The third-order valence-corrected chi connectivity index (χ3v) is 8.41. The number of hydrogen-bond donors (Lipinski definition) is 0. The SMILES string of the molecule is Cc1ccc(-c2ccc(N(c3ccc(/C=C/c4ccc5ccccc5c4)cc3)c3ccc(-c4ccc(C)cc4)cc3)cc2)cc1. The Hall–Kier alpha value is -5.66. The van der Waals surface area contributed by atoms with Gasteiger partial charge in [-0.1, -0.05) is 145 Å². The summed E-state index contributed by atoms with van der Waals surface area (Å²) in [7, 11) is 0. The summed E-state index contributed by atoms with van der Waals surface area (Å²) in [6.07, 6.45) is 4.37. The molecule has 0 heterocycles. The lowest BCUT2D eigenvalue weighted by Gasteiger charge is -2.26. The van der Waals surface area contributed by atoms with Crippen LogP contribution in [0.25, 0.3) is 45.2 Å². The van der Waals surface area contributed by atoms with E-state index in [9.17, 15) is 0 Å². The van der Waals surface area contributed by atoms with Crippen molar-refractivity contribution in [3.05, 3.63) is 186 Å².